The van der Waals surface area contributed by atoms with Crippen LogP contribution >= 0.6 is 0 Å². The van der Waals surface area contributed by atoms with Gasteiger partial charge in [0.15, 0.2) is 0 Å². The van der Waals surface area contributed by atoms with Gasteiger partial charge in [-0.1, -0.05) is 20.3 Å². The van der Waals surface area contributed by atoms with Crippen molar-refractivity contribution >= 4 is 5.91 Å². The number of rotatable bonds is 4. The summed E-state index contributed by atoms with van der Waals surface area (Å²) in [4.78, 5) is 13.9. The lowest BCUT2D eigenvalue weighted by molar-refractivity contribution is -0.133. The molecule has 4 N–H and O–H groups in total. The lowest BCUT2D eigenvalue weighted by Gasteiger charge is -2.35. The first-order valence-corrected chi connectivity index (χ1v) is 6.79. The van der Waals surface area contributed by atoms with Crippen molar-refractivity contribution in [1.82, 2.24) is 4.90 Å². The van der Waals surface area contributed by atoms with E-state index < -0.39 is 0 Å². The van der Waals surface area contributed by atoms with Crippen molar-refractivity contribution in [2.24, 2.45) is 23.3 Å². The normalized spacial score (nSPS) is 26.1. The molecular formula is C13H27N3O. The summed E-state index contributed by atoms with van der Waals surface area (Å²) in [6.07, 6.45) is 4.43. The van der Waals surface area contributed by atoms with E-state index in [1.807, 2.05) is 4.90 Å². The molecule has 4 heteroatoms. The number of carbonyl (C=O) groups excluding carboxylic acids is 1. The Kier molecular flexibility index (Phi) is 5.92. The van der Waals surface area contributed by atoms with E-state index in [9.17, 15) is 4.79 Å². The predicted molar refractivity (Wildman–Crippen MR) is 70.4 cm³/mol. The number of nitrogens with two attached hydrogens (primary N) is 2. The molecule has 0 bridgehead atoms. The van der Waals surface area contributed by atoms with Gasteiger partial charge in [-0.3, -0.25) is 4.79 Å². The zero-order valence-corrected chi connectivity index (χ0v) is 11.2. The number of carbonyl (C=O) groups is 1. The second kappa shape index (κ2) is 6.97. The van der Waals surface area contributed by atoms with Crippen molar-refractivity contribution < 1.29 is 4.79 Å². The summed E-state index contributed by atoms with van der Waals surface area (Å²) in [5.41, 5.74) is 11.4. The Morgan fingerprint density at radius 1 is 1.35 bits per heavy atom. The van der Waals surface area contributed by atoms with Gasteiger partial charge in [-0.2, -0.15) is 0 Å². The monoisotopic (exact) mass is 241 g/mol. The lowest BCUT2D eigenvalue weighted by Crippen LogP contribution is -2.48. The standard InChI is InChI=1S/C13H27N3O/c1-10(2)7-12-11(8-14)5-3-4-6-16(12)13(17)9-15/h10-12H,3-9,14-15H2,1-2H3/t11-,12-/m1/s1. The maximum Gasteiger partial charge on any atom is 0.236 e. The molecule has 0 saturated carbocycles. The van der Waals surface area contributed by atoms with Crippen LogP contribution in [0.15, 0.2) is 0 Å². The third kappa shape index (κ3) is 3.96. The molecule has 100 valence electrons. The first-order chi connectivity index (χ1) is 8.10. The SMILES string of the molecule is CC(C)C[C@@H]1[C@@H](CN)CCCCN1C(=O)CN. The van der Waals surface area contributed by atoms with Gasteiger partial charge in [0, 0.05) is 12.6 Å². The first kappa shape index (κ1) is 14.5. The topological polar surface area (TPSA) is 72.3 Å². The van der Waals surface area contributed by atoms with E-state index in [1.54, 1.807) is 0 Å². The first-order valence-electron chi connectivity index (χ1n) is 6.79. The zero-order valence-electron chi connectivity index (χ0n) is 11.2. The largest absolute Gasteiger partial charge is 0.338 e. The van der Waals surface area contributed by atoms with Crippen molar-refractivity contribution in [3.63, 3.8) is 0 Å². The molecule has 0 radical (unpaired) electrons. The maximum atomic E-state index is 11.9. The highest BCUT2D eigenvalue weighted by Gasteiger charge is 2.31. The molecule has 0 aliphatic carbocycles. The van der Waals surface area contributed by atoms with Gasteiger partial charge in [0.25, 0.3) is 0 Å². The summed E-state index contributed by atoms with van der Waals surface area (Å²) in [5.74, 6) is 1.10. The predicted octanol–water partition coefficient (Wildman–Crippen LogP) is 0.947. The Morgan fingerprint density at radius 2 is 2.06 bits per heavy atom. The lowest BCUT2D eigenvalue weighted by atomic mass is 9.88. The molecule has 0 aromatic rings. The molecule has 1 fully saturated rings. The van der Waals surface area contributed by atoms with E-state index in [1.165, 1.54) is 6.42 Å². The van der Waals surface area contributed by atoms with Gasteiger partial charge < -0.3 is 16.4 Å². The van der Waals surface area contributed by atoms with Crippen molar-refractivity contribution in [3.8, 4) is 0 Å². The van der Waals surface area contributed by atoms with E-state index >= 15 is 0 Å². The van der Waals surface area contributed by atoms with Crippen LogP contribution in [0.4, 0.5) is 0 Å². The van der Waals surface area contributed by atoms with E-state index in [0.717, 1.165) is 25.8 Å². The Balaban J connectivity index is 2.83. The van der Waals surface area contributed by atoms with Crippen LogP contribution in [0, 0.1) is 11.8 Å². The van der Waals surface area contributed by atoms with E-state index in [2.05, 4.69) is 13.8 Å². The molecule has 1 amide bonds. The van der Waals surface area contributed by atoms with Crippen LogP contribution in [0.2, 0.25) is 0 Å². The van der Waals surface area contributed by atoms with Crippen LogP contribution in [0.3, 0.4) is 0 Å². The minimum Gasteiger partial charge on any atom is -0.338 e. The van der Waals surface area contributed by atoms with Crippen LogP contribution in [0.25, 0.3) is 0 Å². The molecule has 4 nitrogen and oxygen atoms in total. The zero-order chi connectivity index (χ0) is 12.8. The Labute approximate surface area is 105 Å². The second-order valence-corrected chi connectivity index (χ2v) is 5.48. The minimum atomic E-state index is 0.0796. The fraction of sp³-hybridized carbons (Fsp3) is 0.923. The third-order valence-corrected chi connectivity index (χ3v) is 3.68. The van der Waals surface area contributed by atoms with Gasteiger partial charge in [0.05, 0.1) is 6.54 Å². The summed E-state index contributed by atoms with van der Waals surface area (Å²) in [6, 6.07) is 0.290. The van der Waals surface area contributed by atoms with Gasteiger partial charge in [-0.25, -0.2) is 0 Å². The molecule has 2 atom stereocenters. The van der Waals surface area contributed by atoms with Crippen LogP contribution in [-0.2, 0) is 4.79 Å². The van der Waals surface area contributed by atoms with E-state index in [-0.39, 0.29) is 12.5 Å². The highest BCUT2D eigenvalue weighted by molar-refractivity contribution is 5.78. The number of nitrogens with zero attached hydrogens (tertiary/aromatic N) is 1. The highest BCUT2D eigenvalue weighted by atomic mass is 16.2. The molecular weight excluding hydrogens is 214 g/mol. The van der Waals surface area contributed by atoms with Gasteiger partial charge in [-0.05, 0) is 37.6 Å². The van der Waals surface area contributed by atoms with Gasteiger partial charge >= 0.3 is 0 Å². The van der Waals surface area contributed by atoms with Crippen molar-refractivity contribution in [1.29, 1.82) is 0 Å². The molecule has 0 unspecified atom stereocenters. The molecule has 1 heterocycles. The number of amides is 1. The smallest absolute Gasteiger partial charge is 0.236 e. The summed E-state index contributed by atoms with van der Waals surface area (Å²) in [6.45, 7) is 6.04. The van der Waals surface area contributed by atoms with E-state index in [4.69, 9.17) is 11.5 Å². The fourth-order valence-electron chi connectivity index (χ4n) is 2.81. The second-order valence-electron chi connectivity index (χ2n) is 5.48. The Morgan fingerprint density at radius 3 is 2.59 bits per heavy atom. The molecule has 0 spiro atoms. The molecule has 17 heavy (non-hydrogen) atoms. The quantitative estimate of drug-likeness (QED) is 0.769. The number of likely N-dealkylation sites (tertiary alicyclic amines) is 1. The number of hydrogen-bond donors (Lipinski definition) is 2. The highest BCUT2D eigenvalue weighted by Crippen LogP contribution is 2.27. The van der Waals surface area contributed by atoms with Gasteiger partial charge in [-0.15, -0.1) is 0 Å². The maximum absolute atomic E-state index is 11.9. The average molecular weight is 241 g/mol. The Bertz CT molecular complexity index is 243. The molecule has 0 aromatic carbocycles. The molecule has 1 aliphatic rings. The minimum absolute atomic E-state index is 0.0796. The summed E-state index contributed by atoms with van der Waals surface area (Å²) >= 11 is 0. The van der Waals surface area contributed by atoms with E-state index in [0.29, 0.717) is 24.4 Å². The van der Waals surface area contributed by atoms with Crippen molar-refractivity contribution in [2.75, 3.05) is 19.6 Å². The van der Waals surface area contributed by atoms with Gasteiger partial charge in [0.2, 0.25) is 5.91 Å². The van der Waals surface area contributed by atoms with Crippen LogP contribution < -0.4 is 11.5 Å². The fourth-order valence-corrected chi connectivity index (χ4v) is 2.81. The molecule has 1 rings (SSSR count). The van der Waals surface area contributed by atoms with Crippen LogP contribution in [0.1, 0.15) is 39.5 Å². The Hall–Kier alpha value is -0.610. The van der Waals surface area contributed by atoms with Crippen molar-refractivity contribution in [2.45, 2.75) is 45.6 Å². The van der Waals surface area contributed by atoms with Crippen LogP contribution in [-0.4, -0.2) is 36.5 Å². The van der Waals surface area contributed by atoms with Gasteiger partial charge in [0.1, 0.15) is 0 Å². The average Bonchev–Trinajstić information content (AvgIpc) is 2.49. The summed E-state index contributed by atoms with van der Waals surface area (Å²) in [7, 11) is 0. The van der Waals surface area contributed by atoms with Crippen LogP contribution in [0.5, 0.6) is 0 Å². The number of hydrogen-bond acceptors (Lipinski definition) is 3. The third-order valence-electron chi connectivity index (χ3n) is 3.68. The molecule has 1 aliphatic heterocycles. The van der Waals surface area contributed by atoms with Crippen molar-refractivity contribution in [3.05, 3.63) is 0 Å². The molecule has 1 saturated heterocycles. The summed E-state index contributed by atoms with van der Waals surface area (Å²) < 4.78 is 0. The molecule has 0 aromatic heterocycles. The summed E-state index contributed by atoms with van der Waals surface area (Å²) in [5, 5.41) is 0.